The molecule has 0 amide bonds. The first-order chi connectivity index (χ1) is 10.2. The number of fused-ring (bicyclic) bond motifs is 1. The molecule has 21 heavy (non-hydrogen) atoms. The molecule has 0 fully saturated rings. The average molecular weight is 319 g/mol. The van der Waals surface area contributed by atoms with Crippen LogP contribution in [-0.4, -0.2) is 4.98 Å². The van der Waals surface area contributed by atoms with Gasteiger partial charge < -0.3 is 10.5 Å². The molecule has 0 saturated carbocycles. The Bertz CT molecular complexity index is 805. The summed E-state index contributed by atoms with van der Waals surface area (Å²) < 4.78 is 5.81. The predicted molar refractivity (Wildman–Crippen MR) is 86.2 cm³/mol. The van der Waals surface area contributed by atoms with E-state index in [1.54, 1.807) is 18.2 Å². The van der Waals surface area contributed by atoms with E-state index in [0.717, 1.165) is 16.5 Å². The van der Waals surface area contributed by atoms with Gasteiger partial charge in [0.25, 0.3) is 0 Å². The number of hydrogen-bond acceptors (Lipinski definition) is 3. The van der Waals surface area contributed by atoms with Gasteiger partial charge in [0.15, 0.2) is 0 Å². The third-order valence-corrected chi connectivity index (χ3v) is 3.63. The molecule has 2 aromatic carbocycles. The molecule has 3 nitrogen and oxygen atoms in total. The van der Waals surface area contributed by atoms with Gasteiger partial charge in [-0.1, -0.05) is 41.4 Å². The minimum Gasteiger partial charge on any atom is -0.437 e. The van der Waals surface area contributed by atoms with Gasteiger partial charge >= 0.3 is 0 Å². The van der Waals surface area contributed by atoms with Crippen LogP contribution in [-0.2, 0) is 6.54 Å². The van der Waals surface area contributed by atoms with Crippen LogP contribution in [0.4, 0.5) is 0 Å². The van der Waals surface area contributed by atoms with Crippen LogP contribution >= 0.6 is 23.2 Å². The van der Waals surface area contributed by atoms with Crippen molar-refractivity contribution in [1.29, 1.82) is 0 Å². The highest BCUT2D eigenvalue weighted by Crippen LogP contribution is 2.33. The van der Waals surface area contributed by atoms with Crippen LogP contribution in [0.15, 0.2) is 48.5 Å². The molecule has 3 aromatic rings. The zero-order valence-corrected chi connectivity index (χ0v) is 12.5. The minimum atomic E-state index is 0.325. The highest BCUT2D eigenvalue weighted by molar-refractivity contribution is 6.34. The molecule has 0 aliphatic rings. The average Bonchev–Trinajstić information content (AvgIpc) is 2.50. The monoisotopic (exact) mass is 318 g/mol. The van der Waals surface area contributed by atoms with Crippen molar-refractivity contribution in [3.63, 3.8) is 0 Å². The molecule has 5 heteroatoms. The second-order valence-electron chi connectivity index (χ2n) is 4.53. The summed E-state index contributed by atoms with van der Waals surface area (Å²) in [4.78, 5) is 4.51. The van der Waals surface area contributed by atoms with Crippen molar-refractivity contribution in [2.24, 2.45) is 5.73 Å². The Morgan fingerprint density at radius 2 is 1.86 bits per heavy atom. The number of rotatable bonds is 3. The third-order valence-electron chi connectivity index (χ3n) is 3.08. The van der Waals surface area contributed by atoms with Crippen molar-refractivity contribution in [1.82, 2.24) is 4.98 Å². The fourth-order valence-electron chi connectivity index (χ4n) is 2.04. The lowest BCUT2D eigenvalue weighted by Crippen LogP contribution is -2.02. The summed E-state index contributed by atoms with van der Waals surface area (Å²) in [6.07, 6.45) is 0. The molecule has 0 unspecified atom stereocenters. The first kappa shape index (κ1) is 14.1. The number of pyridine rings is 1. The van der Waals surface area contributed by atoms with E-state index in [-0.39, 0.29) is 0 Å². The lowest BCUT2D eigenvalue weighted by atomic mass is 10.1. The van der Waals surface area contributed by atoms with Crippen molar-refractivity contribution in [2.75, 3.05) is 0 Å². The second kappa shape index (κ2) is 5.90. The fraction of sp³-hybridized carbons (Fsp3) is 0.0625. The molecule has 0 saturated heterocycles. The molecule has 3 rings (SSSR count). The van der Waals surface area contributed by atoms with Gasteiger partial charge in [0.2, 0.25) is 5.88 Å². The largest absolute Gasteiger partial charge is 0.437 e. The highest BCUT2D eigenvalue weighted by Gasteiger charge is 2.11. The van der Waals surface area contributed by atoms with E-state index in [1.807, 2.05) is 30.3 Å². The number of para-hydroxylation sites is 1. The number of aromatic nitrogens is 1. The number of ether oxygens (including phenoxy) is 1. The smallest absolute Gasteiger partial charge is 0.224 e. The van der Waals surface area contributed by atoms with Crippen molar-refractivity contribution in [3.8, 4) is 11.6 Å². The van der Waals surface area contributed by atoms with E-state index in [9.17, 15) is 0 Å². The molecule has 1 aromatic heterocycles. The molecular formula is C16H12Cl2N2O. The summed E-state index contributed by atoms with van der Waals surface area (Å²) >= 11 is 12.1. The fourth-order valence-corrected chi connectivity index (χ4v) is 2.35. The van der Waals surface area contributed by atoms with E-state index in [4.69, 9.17) is 33.7 Å². The Kier molecular flexibility index (Phi) is 3.97. The summed E-state index contributed by atoms with van der Waals surface area (Å²) in [6.45, 7) is 0.325. The van der Waals surface area contributed by atoms with Crippen LogP contribution in [0.25, 0.3) is 10.9 Å². The second-order valence-corrected chi connectivity index (χ2v) is 5.37. The summed E-state index contributed by atoms with van der Waals surface area (Å²) in [5.74, 6) is 0.905. The SMILES string of the molecule is NCc1cc2ccccc2nc1Oc1cc(Cl)ccc1Cl. The number of halogens is 2. The van der Waals surface area contributed by atoms with Gasteiger partial charge in [-0.15, -0.1) is 0 Å². The molecule has 106 valence electrons. The topological polar surface area (TPSA) is 48.1 Å². The lowest BCUT2D eigenvalue weighted by molar-refractivity contribution is 0.459. The number of hydrogen-bond donors (Lipinski definition) is 1. The Morgan fingerprint density at radius 3 is 2.67 bits per heavy atom. The van der Waals surface area contributed by atoms with Crippen LogP contribution in [0, 0.1) is 0 Å². The zero-order valence-electron chi connectivity index (χ0n) is 11.0. The van der Waals surface area contributed by atoms with Crippen LogP contribution in [0.1, 0.15) is 5.56 Å². The van der Waals surface area contributed by atoms with Crippen LogP contribution in [0.5, 0.6) is 11.6 Å². The highest BCUT2D eigenvalue weighted by atomic mass is 35.5. The van der Waals surface area contributed by atoms with Crippen LogP contribution in [0.2, 0.25) is 10.0 Å². The maximum atomic E-state index is 6.12. The normalized spacial score (nSPS) is 10.8. The van der Waals surface area contributed by atoms with Gasteiger partial charge in [-0.25, -0.2) is 4.98 Å². The summed E-state index contributed by atoms with van der Waals surface area (Å²) in [6, 6.07) is 14.8. The first-order valence-corrected chi connectivity index (χ1v) is 7.14. The molecule has 0 bridgehead atoms. The maximum Gasteiger partial charge on any atom is 0.224 e. The Balaban J connectivity index is 2.08. The first-order valence-electron chi connectivity index (χ1n) is 6.39. The quantitative estimate of drug-likeness (QED) is 0.755. The van der Waals surface area contributed by atoms with Gasteiger partial charge in [0, 0.05) is 28.6 Å². The molecule has 1 heterocycles. The summed E-state index contributed by atoms with van der Waals surface area (Å²) in [5, 5.41) is 2.03. The van der Waals surface area contributed by atoms with Gasteiger partial charge in [0.05, 0.1) is 10.5 Å². The molecule has 2 N–H and O–H groups in total. The van der Waals surface area contributed by atoms with Gasteiger partial charge in [0.1, 0.15) is 5.75 Å². The van der Waals surface area contributed by atoms with E-state index in [0.29, 0.717) is 28.2 Å². The van der Waals surface area contributed by atoms with Crippen molar-refractivity contribution in [2.45, 2.75) is 6.54 Å². The molecule has 0 aliphatic heterocycles. The maximum absolute atomic E-state index is 6.12. The number of benzene rings is 2. The van der Waals surface area contributed by atoms with E-state index in [2.05, 4.69) is 4.98 Å². The Labute approximate surface area is 132 Å². The van der Waals surface area contributed by atoms with Crippen LogP contribution < -0.4 is 10.5 Å². The Morgan fingerprint density at radius 1 is 1.05 bits per heavy atom. The number of nitrogens with zero attached hydrogens (tertiary/aromatic N) is 1. The molecule has 0 radical (unpaired) electrons. The van der Waals surface area contributed by atoms with Crippen molar-refractivity contribution in [3.05, 3.63) is 64.1 Å². The standard InChI is InChI=1S/C16H12Cl2N2O/c17-12-5-6-13(18)15(8-12)21-16-11(9-19)7-10-3-1-2-4-14(10)20-16/h1-8H,9,19H2. The van der Waals surface area contributed by atoms with E-state index >= 15 is 0 Å². The molecular weight excluding hydrogens is 307 g/mol. The van der Waals surface area contributed by atoms with Crippen molar-refractivity contribution < 1.29 is 4.74 Å². The van der Waals surface area contributed by atoms with E-state index in [1.165, 1.54) is 0 Å². The zero-order chi connectivity index (χ0) is 14.8. The minimum absolute atomic E-state index is 0.325. The lowest BCUT2D eigenvalue weighted by Gasteiger charge is -2.11. The Hall–Kier alpha value is -1.81. The number of nitrogens with two attached hydrogens (primary N) is 1. The molecule has 0 aliphatic carbocycles. The van der Waals surface area contributed by atoms with E-state index < -0.39 is 0 Å². The molecule has 0 atom stereocenters. The van der Waals surface area contributed by atoms with Gasteiger partial charge in [-0.2, -0.15) is 0 Å². The summed E-state index contributed by atoms with van der Waals surface area (Å²) in [7, 11) is 0. The third kappa shape index (κ3) is 2.95. The predicted octanol–water partition coefficient (Wildman–Crippen LogP) is 4.79. The molecule has 0 spiro atoms. The summed E-state index contributed by atoms with van der Waals surface area (Å²) in [5.41, 5.74) is 7.43. The van der Waals surface area contributed by atoms with Gasteiger partial charge in [-0.05, 0) is 24.3 Å². The van der Waals surface area contributed by atoms with Crippen LogP contribution in [0.3, 0.4) is 0 Å². The van der Waals surface area contributed by atoms with Gasteiger partial charge in [-0.3, -0.25) is 0 Å². The van der Waals surface area contributed by atoms with Crippen molar-refractivity contribution >= 4 is 34.1 Å².